The van der Waals surface area contributed by atoms with Crippen molar-refractivity contribution in [2.75, 3.05) is 19.8 Å². The second-order valence-corrected chi connectivity index (χ2v) is 8.18. The van der Waals surface area contributed by atoms with E-state index in [0.717, 1.165) is 5.56 Å². The van der Waals surface area contributed by atoms with Gasteiger partial charge >= 0.3 is 0 Å². The van der Waals surface area contributed by atoms with Gasteiger partial charge in [-0.1, -0.05) is 60.7 Å². The molecule has 2 N–H and O–H groups in total. The van der Waals surface area contributed by atoms with Gasteiger partial charge in [0.05, 0.1) is 6.61 Å². The summed E-state index contributed by atoms with van der Waals surface area (Å²) in [4.78, 5) is 46.0. The molecule has 7 nitrogen and oxygen atoms in total. The first-order chi connectivity index (χ1) is 16.9. The second-order valence-electron chi connectivity index (χ2n) is 7.75. The molecule has 1 atom stereocenters. The third-order valence-corrected chi connectivity index (χ3v) is 5.33. The van der Waals surface area contributed by atoms with Crippen molar-refractivity contribution in [3.63, 3.8) is 0 Å². The molecule has 0 amide bonds. The van der Waals surface area contributed by atoms with Crippen molar-refractivity contribution >= 4 is 34.7 Å². The molecule has 2 aromatic rings. The average Bonchev–Trinajstić information content (AvgIpc) is 2.89. The van der Waals surface area contributed by atoms with Gasteiger partial charge in [0.15, 0.2) is 5.78 Å². The number of hydrogen-bond donors (Lipinski definition) is 2. The number of aliphatic hydroxyl groups excluding tert-OH is 2. The largest absolute Gasteiger partial charge is 0.396 e. The zero-order chi connectivity index (χ0) is 25.9. The quantitative estimate of drug-likeness (QED) is 0.203. The summed E-state index contributed by atoms with van der Waals surface area (Å²) in [6.45, 7) is 0.236. The van der Waals surface area contributed by atoms with Gasteiger partial charge in [0.1, 0.15) is 12.0 Å². The molecular weight excluding hydrogens is 472 g/mol. The van der Waals surface area contributed by atoms with Crippen LogP contribution >= 0.6 is 11.6 Å². The van der Waals surface area contributed by atoms with Crippen LogP contribution in [0.5, 0.6) is 0 Å². The zero-order valence-corrected chi connectivity index (χ0v) is 20.5. The van der Waals surface area contributed by atoms with Gasteiger partial charge in [-0.3, -0.25) is 19.2 Å². The van der Waals surface area contributed by atoms with Crippen LogP contribution in [0.4, 0.5) is 0 Å². The minimum atomic E-state index is -0.905. The molecule has 2 aromatic carbocycles. The molecule has 0 bridgehead atoms. The van der Waals surface area contributed by atoms with Crippen LogP contribution < -0.4 is 0 Å². The number of aliphatic hydroxyl groups is 2. The predicted molar refractivity (Wildman–Crippen MR) is 133 cm³/mol. The Morgan fingerprint density at radius 2 is 1.23 bits per heavy atom. The summed E-state index contributed by atoms with van der Waals surface area (Å²) < 4.78 is 5.19. The summed E-state index contributed by atoms with van der Waals surface area (Å²) in [5.74, 6) is -1.96. The van der Waals surface area contributed by atoms with Crippen molar-refractivity contribution in [3.05, 3.63) is 71.8 Å². The van der Waals surface area contributed by atoms with E-state index < -0.39 is 28.5 Å². The third-order valence-electron chi connectivity index (χ3n) is 4.88. The molecule has 0 aromatic heterocycles. The number of ketones is 4. The summed E-state index contributed by atoms with van der Waals surface area (Å²) >= 11 is 5.94. The Bertz CT molecular complexity index is 900. The molecule has 0 aliphatic carbocycles. The highest BCUT2D eigenvalue weighted by atomic mass is 35.5. The van der Waals surface area contributed by atoms with Gasteiger partial charge in [-0.15, -0.1) is 11.6 Å². The number of Topliss-reactive ketones (excluding diaryl/α,β-unsaturated/α-hetero) is 4. The highest BCUT2D eigenvalue weighted by Gasteiger charge is 2.23. The van der Waals surface area contributed by atoms with Crippen LogP contribution in [0.3, 0.4) is 0 Å². The summed E-state index contributed by atoms with van der Waals surface area (Å²) in [5.41, 5.74) is 1.60. The summed E-state index contributed by atoms with van der Waals surface area (Å²) in [6, 6.07) is 18.3. The van der Waals surface area contributed by atoms with Gasteiger partial charge in [-0.2, -0.15) is 0 Å². The zero-order valence-electron chi connectivity index (χ0n) is 19.7. The van der Waals surface area contributed by atoms with E-state index in [9.17, 15) is 19.2 Å². The number of alkyl halides is 1. The van der Waals surface area contributed by atoms with E-state index in [4.69, 9.17) is 26.6 Å². The van der Waals surface area contributed by atoms with Crippen LogP contribution in [0, 0.1) is 0 Å². The predicted octanol–water partition coefficient (Wildman–Crippen LogP) is 3.77. The molecule has 8 heteroatoms. The van der Waals surface area contributed by atoms with E-state index in [1.807, 2.05) is 36.4 Å². The standard InChI is InChI=1S/C14H18O4.C13H15ClO3/c15-9-5-4-8-13(16)14(17)11-18-10-12-6-2-1-3-7-12;14-12(10-6-2-1-3-7-10)13(17)11(16)8-4-5-9-15/h1-3,6-7,15H,4-5,8-11H2;1-3,6-7,12,15H,4-5,8-9H2. The molecule has 190 valence electrons. The highest BCUT2D eigenvalue weighted by Crippen LogP contribution is 2.22. The fraction of sp³-hybridized carbons (Fsp3) is 0.407. The molecule has 0 fully saturated rings. The van der Waals surface area contributed by atoms with E-state index in [1.54, 1.807) is 24.3 Å². The van der Waals surface area contributed by atoms with Crippen LogP contribution in [-0.2, 0) is 30.5 Å². The lowest BCUT2D eigenvalue weighted by Crippen LogP contribution is -2.19. The number of halogens is 1. The molecule has 0 aliphatic rings. The second kappa shape index (κ2) is 18.6. The molecular formula is C27H33ClO7. The van der Waals surface area contributed by atoms with E-state index in [-0.39, 0.29) is 32.7 Å². The maximum absolute atomic E-state index is 11.7. The lowest BCUT2D eigenvalue weighted by Gasteiger charge is -2.07. The first-order valence-corrected chi connectivity index (χ1v) is 12.0. The lowest BCUT2D eigenvalue weighted by atomic mass is 10.0. The van der Waals surface area contributed by atoms with Crippen LogP contribution in [-0.4, -0.2) is 53.2 Å². The van der Waals surface area contributed by atoms with Crippen molar-refractivity contribution in [2.24, 2.45) is 0 Å². The van der Waals surface area contributed by atoms with Crippen LogP contribution in [0.2, 0.25) is 0 Å². The van der Waals surface area contributed by atoms with Crippen molar-refractivity contribution in [1.82, 2.24) is 0 Å². The molecule has 1 unspecified atom stereocenters. The third kappa shape index (κ3) is 13.1. The number of hydrogen-bond acceptors (Lipinski definition) is 7. The minimum absolute atomic E-state index is 0.0322. The van der Waals surface area contributed by atoms with Crippen molar-refractivity contribution in [3.8, 4) is 0 Å². The van der Waals surface area contributed by atoms with Gasteiger partial charge in [-0.05, 0) is 36.8 Å². The van der Waals surface area contributed by atoms with E-state index in [2.05, 4.69) is 0 Å². The monoisotopic (exact) mass is 504 g/mol. The maximum Gasteiger partial charge on any atom is 0.223 e. The van der Waals surface area contributed by atoms with E-state index in [0.29, 0.717) is 37.9 Å². The van der Waals surface area contributed by atoms with Crippen LogP contribution in [0.15, 0.2) is 60.7 Å². The Hall–Kier alpha value is -2.71. The fourth-order valence-corrected chi connectivity index (χ4v) is 3.16. The van der Waals surface area contributed by atoms with Crippen molar-refractivity contribution < 1.29 is 34.1 Å². The minimum Gasteiger partial charge on any atom is -0.396 e. The Morgan fingerprint density at radius 1 is 0.714 bits per heavy atom. The Labute approximate surface area is 211 Å². The van der Waals surface area contributed by atoms with Gasteiger partial charge < -0.3 is 14.9 Å². The molecule has 0 spiro atoms. The van der Waals surface area contributed by atoms with E-state index in [1.165, 1.54) is 0 Å². The topological polar surface area (TPSA) is 118 Å². The maximum atomic E-state index is 11.7. The SMILES string of the molecule is O=C(CCCCO)C(=O)C(Cl)c1ccccc1.O=C(CCCCO)C(=O)COCc1ccccc1. The normalized spacial score (nSPS) is 11.2. The Balaban J connectivity index is 0.000000351. The molecule has 0 saturated heterocycles. The first-order valence-electron chi connectivity index (χ1n) is 11.6. The smallest absolute Gasteiger partial charge is 0.223 e. The summed E-state index contributed by atoms with van der Waals surface area (Å²) in [6.07, 6.45) is 2.46. The summed E-state index contributed by atoms with van der Waals surface area (Å²) in [5, 5.41) is 16.2. The van der Waals surface area contributed by atoms with Gasteiger partial charge in [0.2, 0.25) is 17.3 Å². The average molecular weight is 505 g/mol. The number of benzene rings is 2. The van der Waals surface area contributed by atoms with Gasteiger partial charge in [0.25, 0.3) is 0 Å². The molecule has 35 heavy (non-hydrogen) atoms. The van der Waals surface area contributed by atoms with Crippen molar-refractivity contribution in [2.45, 2.75) is 50.5 Å². The highest BCUT2D eigenvalue weighted by molar-refractivity contribution is 6.49. The number of ether oxygens (including phenoxy) is 1. The summed E-state index contributed by atoms with van der Waals surface area (Å²) in [7, 11) is 0. The Kier molecular flexibility index (Phi) is 16.1. The number of rotatable bonds is 16. The fourth-order valence-electron chi connectivity index (χ4n) is 2.89. The Morgan fingerprint density at radius 3 is 1.77 bits per heavy atom. The number of carbonyl (C=O) groups is 4. The number of carbonyl (C=O) groups excluding carboxylic acids is 4. The molecule has 0 aliphatic heterocycles. The molecule has 0 heterocycles. The van der Waals surface area contributed by atoms with Crippen LogP contribution in [0.25, 0.3) is 0 Å². The van der Waals surface area contributed by atoms with Gasteiger partial charge in [0, 0.05) is 26.1 Å². The van der Waals surface area contributed by atoms with Crippen molar-refractivity contribution in [1.29, 1.82) is 0 Å². The lowest BCUT2D eigenvalue weighted by molar-refractivity contribution is -0.139. The number of unbranched alkanes of at least 4 members (excludes halogenated alkanes) is 2. The van der Waals surface area contributed by atoms with E-state index >= 15 is 0 Å². The molecule has 0 saturated carbocycles. The molecule has 2 rings (SSSR count). The molecule has 0 radical (unpaired) electrons. The van der Waals surface area contributed by atoms with Gasteiger partial charge in [-0.25, -0.2) is 0 Å². The first kappa shape index (κ1) is 30.3. The van der Waals surface area contributed by atoms with Crippen LogP contribution in [0.1, 0.15) is 55.0 Å².